The average molecular weight is 484 g/mol. The molecule has 0 radical (unpaired) electrons. The summed E-state index contributed by atoms with van der Waals surface area (Å²) in [4.78, 5) is 35.2. The minimum atomic E-state index is -4.18. The second-order valence-corrected chi connectivity index (χ2v) is 8.98. The van der Waals surface area contributed by atoms with Gasteiger partial charge in [-0.1, -0.05) is 24.3 Å². The Kier molecular flexibility index (Phi) is 7.27. The molecule has 0 atom stereocenters. The molecular weight excluding hydrogens is 462 g/mol. The van der Waals surface area contributed by atoms with Crippen LogP contribution in [0.25, 0.3) is 0 Å². The minimum absolute atomic E-state index is 0.0509. The number of hydrogen-bond donors (Lipinski definition) is 1. The van der Waals surface area contributed by atoms with Gasteiger partial charge in [0.1, 0.15) is 6.54 Å². The van der Waals surface area contributed by atoms with Crippen molar-refractivity contribution in [1.82, 2.24) is 0 Å². The highest BCUT2D eigenvalue weighted by atomic mass is 32.2. The summed E-state index contributed by atoms with van der Waals surface area (Å²) in [5, 5.41) is 13.6. The number of nitrogens with zero attached hydrogens (tertiary/aromatic N) is 2. The largest absolute Gasteiger partial charge is 0.465 e. The number of benzene rings is 3. The fraction of sp³-hybridized carbons (Fsp3) is 0.130. The lowest BCUT2D eigenvalue weighted by Gasteiger charge is -2.24. The number of esters is 1. The van der Waals surface area contributed by atoms with Crippen molar-refractivity contribution in [3.8, 4) is 0 Å². The van der Waals surface area contributed by atoms with Crippen molar-refractivity contribution in [2.24, 2.45) is 0 Å². The molecule has 1 N–H and O–H groups in total. The predicted octanol–water partition coefficient (Wildman–Crippen LogP) is 3.52. The van der Waals surface area contributed by atoms with E-state index in [2.05, 4.69) is 5.32 Å². The second-order valence-electron chi connectivity index (χ2n) is 7.12. The van der Waals surface area contributed by atoms with Crippen molar-refractivity contribution in [1.29, 1.82) is 0 Å². The van der Waals surface area contributed by atoms with Crippen LogP contribution in [0.1, 0.15) is 15.9 Å². The third-order valence-corrected chi connectivity index (χ3v) is 6.77. The van der Waals surface area contributed by atoms with Gasteiger partial charge in [0, 0.05) is 17.8 Å². The highest BCUT2D eigenvalue weighted by Crippen LogP contribution is 2.26. The third kappa shape index (κ3) is 5.21. The zero-order valence-corrected chi connectivity index (χ0v) is 19.1. The fourth-order valence-electron chi connectivity index (χ4n) is 3.20. The number of ether oxygens (including phenoxy) is 1. The molecule has 0 unspecified atom stereocenters. The number of nitro groups is 1. The van der Waals surface area contributed by atoms with Crippen molar-refractivity contribution >= 4 is 39.0 Å². The molecule has 3 aromatic rings. The van der Waals surface area contributed by atoms with E-state index in [-0.39, 0.29) is 21.8 Å². The Morgan fingerprint density at radius 2 is 1.65 bits per heavy atom. The first kappa shape index (κ1) is 24.4. The molecule has 34 heavy (non-hydrogen) atoms. The fourth-order valence-corrected chi connectivity index (χ4v) is 4.64. The van der Waals surface area contributed by atoms with Crippen LogP contribution in [0.5, 0.6) is 0 Å². The molecular formula is C23H21N3O7S. The molecule has 0 heterocycles. The lowest BCUT2D eigenvalue weighted by atomic mass is 10.1. The highest BCUT2D eigenvalue weighted by Gasteiger charge is 2.28. The summed E-state index contributed by atoms with van der Waals surface area (Å²) in [5.74, 6) is -1.25. The first-order chi connectivity index (χ1) is 16.1. The van der Waals surface area contributed by atoms with Crippen LogP contribution in [-0.2, 0) is 19.6 Å². The van der Waals surface area contributed by atoms with Gasteiger partial charge < -0.3 is 10.1 Å². The van der Waals surface area contributed by atoms with Crippen molar-refractivity contribution in [2.75, 3.05) is 23.3 Å². The molecule has 0 saturated carbocycles. The molecule has 0 aliphatic rings. The molecule has 0 fully saturated rings. The molecule has 11 heteroatoms. The number of methoxy groups -OCH3 is 1. The Morgan fingerprint density at radius 3 is 2.24 bits per heavy atom. The van der Waals surface area contributed by atoms with Crippen LogP contribution in [0, 0.1) is 17.0 Å². The number of amides is 1. The maximum Gasteiger partial charge on any atom is 0.338 e. The van der Waals surface area contributed by atoms with E-state index in [0.29, 0.717) is 11.3 Å². The molecule has 0 bridgehead atoms. The summed E-state index contributed by atoms with van der Waals surface area (Å²) < 4.78 is 32.3. The van der Waals surface area contributed by atoms with Gasteiger partial charge in [-0.2, -0.15) is 0 Å². The zero-order valence-electron chi connectivity index (χ0n) is 18.3. The Morgan fingerprint density at radius 1 is 1.00 bits per heavy atom. The topological polar surface area (TPSA) is 136 Å². The van der Waals surface area contributed by atoms with Crippen molar-refractivity contribution in [3.63, 3.8) is 0 Å². The average Bonchev–Trinajstić information content (AvgIpc) is 2.84. The summed E-state index contributed by atoms with van der Waals surface area (Å²) in [5.41, 5.74) is 0.874. The molecule has 3 rings (SSSR count). The summed E-state index contributed by atoms with van der Waals surface area (Å²) in [7, 11) is -2.94. The standard InChI is InChI=1S/C23H21N3O7S/c1-16-20(23(28)33-2)9-6-10-21(16)24-22(27)15-25(17-11-13-18(14-12-17)26(29)30)34(31,32)19-7-4-3-5-8-19/h3-14H,15H2,1-2H3,(H,24,27). The minimum Gasteiger partial charge on any atom is -0.465 e. The number of nitro benzene ring substituents is 1. The maximum absolute atomic E-state index is 13.3. The summed E-state index contributed by atoms with van der Waals surface area (Å²) in [6.45, 7) is 1.01. The molecule has 0 aliphatic heterocycles. The van der Waals surface area contributed by atoms with Crippen LogP contribution in [-0.4, -0.2) is 38.9 Å². The summed E-state index contributed by atoms with van der Waals surface area (Å²) >= 11 is 0. The second kappa shape index (κ2) is 10.1. The van der Waals surface area contributed by atoms with Gasteiger partial charge in [-0.05, 0) is 48.9 Å². The number of carbonyl (C=O) groups excluding carboxylic acids is 2. The summed E-state index contributed by atoms with van der Waals surface area (Å²) in [6.07, 6.45) is 0. The Hall–Kier alpha value is -4.25. The first-order valence-corrected chi connectivity index (χ1v) is 11.4. The Labute approximate surface area is 196 Å². The van der Waals surface area contributed by atoms with Crippen LogP contribution >= 0.6 is 0 Å². The van der Waals surface area contributed by atoms with Gasteiger partial charge in [0.05, 0.1) is 28.2 Å². The highest BCUT2D eigenvalue weighted by molar-refractivity contribution is 7.92. The van der Waals surface area contributed by atoms with Crippen molar-refractivity contribution in [2.45, 2.75) is 11.8 Å². The number of carbonyl (C=O) groups is 2. The number of non-ortho nitro benzene ring substituents is 1. The monoisotopic (exact) mass is 483 g/mol. The maximum atomic E-state index is 13.3. The molecule has 3 aromatic carbocycles. The van der Waals surface area contributed by atoms with Crippen molar-refractivity contribution in [3.05, 3.63) is 94.0 Å². The van der Waals surface area contributed by atoms with Crippen LogP contribution in [0.15, 0.2) is 77.7 Å². The predicted molar refractivity (Wildman–Crippen MR) is 125 cm³/mol. The van der Waals surface area contributed by atoms with Gasteiger partial charge in [0.15, 0.2) is 0 Å². The number of nitrogens with one attached hydrogen (secondary N) is 1. The van der Waals surface area contributed by atoms with E-state index < -0.39 is 33.4 Å². The number of hydrogen-bond acceptors (Lipinski definition) is 7. The van der Waals surface area contributed by atoms with Crippen LogP contribution in [0.4, 0.5) is 17.1 Å². The van der Waals surface area contributed by atoms with E-state index in [9.17, 15) is 28.1 Å². The Balaban J connectivity index is 1.95. The third-order valence-electron chi connectivity index (χ3n) is 4.98. The van der Waals surface area contributed by atoms with Gasteiger partial charge in [-0.3, -0.25) is 19.2 Å². The smallest absolute Gasteiger partial charge is 0.338 e. The normalized spacial score (nSPS) is 10.9. The molecule has 0 aromatic heterocycles. The van der Waals surface area contributed by atoms with Crippen LogP contribution < -0.4 is 9.62 Å². The van der Waals surface area contributed by atoms with Gasteiger partial charge in [-0.25, -0.2) is 13.2 Å². The first-order valence-electron chi connectivity index (χ1n) is 9.95. The molecule has 176 valence electrons. The van der Waals surface area contributed by atoms with Gasteiger partial charge in [0.2, 0.25) is 5.91 Å². The molecule has 0 spiro atoms. The lowest BCUT2D eigenvalue weighted by Crippen LogP contribution is -2.38. The molecule has 10 nitrogen and oxygen atoms in total. The number of rotatable bonds is 8. The molecule has 1 amide bonds. The zero-order chi connectivity index (χ0) is 24.9. The van der Waals surface area contributed by atoms with Gasteiger partial charge in [0.25, 0.3) is 15.7 Å². The number of anilines is 2. The van der Waals surface area contributed by atoms with E-state index in [0.717, 1.165) is 16.4 Å². The molecule has 0 saturated heterocycles. The van der Waals surface area contributed by atoms with Crippen LogP contribution in [0.3, 0.4) is 0 Å². The van der Waals surface area contributed by atoms with E-state index >= 15 is 0 Å². The van der Waals surface area contributed by atoms with Crippen LogP contribution in [0.2, 0.25) is 0 Å². The van der Waals surface area contributed by atoms with E-state index in [4.69, 9.17) is 4.74 Å². The van der Waals surface area contributed by atoms with E-state index in [1.54, 1.807) is 43.3 Å². The Bertz CT molecular complexity index is 1320. The summed E-state index contributed by atoms with van der Waals surface area (Å²) in [6, 6.07) is 17.0. The van der Waals surface area contributed by atoms with E-state index in [1.807, 2.05) is 0 Å². The quantitative estimate of drug-likeness (QED) is 0.294. The molecule has 0 aliphatic carbocycles. The van der Waals surface area contributed by atoms with Gasteiger partial charge >= 0.3 is 5.97 Å². The SMILES string of the molecule is COC(=O)c1cccc(NC(=O)CN(c2ccc([N+](=O)[O-])cc2)S(=O)(=O)c2ccccc2)c1C. The number of sulfonamides is 1. The lowest BCUT2D eigenvalue weighted by molar-refractivity contribution is -0.384. The van der Waals surface area contributed by atoms with Crippen molar-refractivity contribution < 1.29 is 27.7 Å². The van der Waals surface area contributed by atoms with E-state index in [1.165, 1.54) is 31.4 Å². The van der Waals surface area contributed by atoms with Gasteiger partial charge in [-0.15, -0.1) is 0 Å².